The first-order valence-electron chi connectivity index (χ1n) is 10.2. The van der Waals surface area contributed by atoms with Gasteiger partial charge in [0.1, 0.15) is 5.60 Å². The topological polar surface area (TPSA) is 59.9 Å². The van der Waals surface area contributed by atoms with Gasteiger partial charge in [0.05, 0.1) is 6.54 Å². The Kier molecular flexibility index (Phi) is 7.48. The quantitative estimate of drug-likeness (QED) is 0.477. The summed E-state index contributed by atoms with van der Waals surface area (Å²) in [4.78, 5) is 7.42. The van der Waals surface area contributed by atoms with E-state index in [0.29, 0.717) is 6.54 Å². The van der Waals surface area contributed by atoms with Gasteiger partial charge in [-0.2, -0.15) is 23.1 Å². The monoisotopic (exact) mass is 410 g/mol. The lowest BCUT2D eigenvalue weighted by Gasteiger charge is -2.43. The maximum absolute atomic E-state index is 10.8. The Hall–Kier alpha value is -0.760. The average molecular weight is 411 g/mol. The van der Waals surface area contributed by atoms with Crippen LogP contribution in [0.5, 0.6) is 0 Å². The van der Waals surface area contributed by atoms with Crippen molar-refractivity contribution in [1.29, 1.82) is 0 Å². The standard InChI is InChI=1S/C20H34N4OS2/c1-3-21-18(22-15-19(2,25)17-6-11-27-14-17)23-16-20(7-4-5-8-20)24-9-12-26-13-10-24/h6,11,14,25H,3-5,7-10,12-13,15-16H2,1-2H3,(H2,21,22,23). The normalized spacial score (nSPS) is 23.1. The highest BCUT2D eigenvalue weighted by Crippen LogP contribution is 2.36. The van der Waals surface area contributed by atoms with Gasteiger partial charge >= 0.3 is 0 Å². The van der Waals surface area contributed by atoms with E-state index in [2.05, 4.69) is 34.2 Å². The van der Waals surface area contributed by atoms with E-state index in [0.717, 1.165) is 24.6 Å². The summed E-state index contributed by atoms with van der Waals surface area (Å²) < 4.78 is 0. The largest absolute Gasteiger partial charge is 0.383 e. The molecular formula is C20H34N4OS2. The molecule has 0 bridgehead atoms. The van der Waals surface area contributed by atoms with Crippen molar-refractivity contribution in [3.63, 3.8) is 0 Å². The highest BCUT2D eigenvalue weighted by molar-refractivity contribution is 7.99. The zero-order valence-corrected chi connectivity index (χ0v) is 18.3. The fourth-order valence-electron chi connectivity index (χ4n) is 4.16. The summed E-state index contributed by atoms with van der Waals surface area (Å²) in [5.41, 5.74) is 0.273. The van der Waals surface area contributed by atoms with Crippen molar-refractivity contribution < 1.29 is 5.11 Å². The van der Waals surface area contributed by atoms with E-state index in [1.165, 1.54) is 50.3 Å². The second-order valence-corrected chi connectivity index (χ2v) is 9.87. The van der Waals surface area contributed by atoms with E-state index < -0.39 is 5.60 Å². The molecule has 2 fully saturated rings. The molecule has 3 rings (SSSR count). The number of guanidine groups is 1. The van der Waals surface area contributed by atoms with Crippen LogP contribution in [0.25, 0.3) is 0 Å². The number of thioether (sulfide) groups is 1. The molecule has 1 saturated heterocycles. The summed E-state index contributed by atoms with van der Waals surface area (Å²) >= 11 is 3.68. The van der Waals surface area contributed by atoms with Crippen LogP contribution in [0.15, 0.2) is 21.8 Å². The van der Waals surface area contributed by atoms with Gasteiger partial charge in [-0.3, -0.25) is 4.90 Å². The first kappa shape index (κ1) is 21.0. The highest BCUT2D eigenvalue weighted by atomic mass is 32.2. The first-order chi connectivity index (χ1) is 13.1. The van der Waals surface area contributed by atoms with Gasteiger partial charge in [-0.15, -0.1) is 0 Å². The number of aliphatic hydroxyl groups is 1. The van der Waals surface area contributed by atoms with Crippen molar-refractivity contribution >= 4 is 29.1 Å². The molecule has 0 amide bonds. The zero-order valence-electron chi connectivity index (χ0n) is 16.7. The lowest BCUT2D eigenvalue weighted by atomic mass is 9.94. The summed E-state index contributed by atoms with van der Waals surface area (Å²) in [6.07, 6.45) is 5.20. The molecule has 2 aliphatic rings. The summed E-state index contributed by atoms with van der Waals surface area (Å²) in [7, 11) is 0. The minimum Gasteiger partial charge on any atom is -0.383 e. The lowest BCUT2D eigenvalue weighted by Crippen LogP contribution is -2.57. The second kappa shape index (κ2) is 9.63. The van der Waals surface area contributed by atoms with E-state index >= 15 is 0 Å². The van der Waals surface area contributed by atoms with Crippen LogP contribution in [0.2, 0.25) is 0 Å². The Labute approximate surface area is 172 Å². The Morgan fingerprint density at radius 3 is 2.67 bits per heavy atom. The van der Waals surface area contributed by atoms with Gasteiger partial charge in [-0.1, -0.05) is 12.8 Å². The molecule has 1 aliphatic heterocycles. The minimum absolute atomic E-state index is 0.271. The van der Waals surface area contributed by atoms with Gasteiger partial charge in [0.15, 0.2) is 5.96 Å². The molecule has 0 spiro atoms. The third-order valence-electron chi connectivity index (χ3n) is 5.83. The number of hydrogen-bond donors (Lipinski definition) is 3. The fraction of sp³-hybridized carbons (Fsp3) is 0.750. The van der Waals surface area contributed by atoms with Gasteiger partial charge < -0.3 is 15.7 Å². The zero-order chi connectivity index (χ0) is 19.2. The third-order valence-corrected chi connectivity index (χ3v) is 7.46. The molecule has 1 aromatic rings. The molecule has 2 heterocycles. The molecule has 1 aliphatic carbocycles. The second-order valence-electron chi connectivity index (χ2n) is 7.87. The molecule has 0 radical (unpaired) electrons. The molecule has 1 atom stereocenters. The molecule has 1 unspecified atom stereocenters. The predicted octanol–water partition coefficient (Wildman–Crippen LogP) is 2.87. The number of nitrogens with one attached hydrogen (secondary N) is 2. The van der Waals surface area contributed by atoms with Gasteiger partial charge in [-0.05, 0) is 49.1 Å². The van der Waals surface area contributed by atoms with E-state index in [-0.39, 0.29) is 5.54 Å². The number of nitrogens with zero attached hydrogens (tertiary/aromatic N) is 2. The van der Waals surface area contributed by atoms with E-state index in [9.17, 15) is 5.11 Å². The molecule has 0 aromatic carbocycles. The lowest BCUT2D eigenvalue weighted by molar-refractivity contribution is 0.0676. The molecule has 5 nitrogen and oxygen atoms in total. The van der Waals surface area contributed by atoms with Crippen LogP contribution in [-0.2, 0) is 5.60 Å². The van der Waals surface area contributed by atoms with Gasteiger partial charge in [-0.25, -0.2) is 4.99 Å². The smallest absolute Gasteiger partial charge is 0.191 e. The summed E-state index contributed by atoms with van der Waals surface area (Å²) in [6, 6.07) is 1.97. The van der Waals surface area contributed by atoms with Crippen molar-refractivity contribution in [2.45, 2.75) is 50.7 Å². The Balaban J connectivity index is 1.64. The third kappa shape index (κ3) is 5.40. The SMILES string of the molecule is CCNC(=NCC(C)(O)c1ccsc1)NCC1(N2CCSCC2)CCCC1. The van der Waals surface area contributed by atoms with Crippen molar-refractivity contribution in [1.82, 2.24) is 15.5 Å². The van der Waals surface area contributed by atoms with Crippen LogP contribution < -0.4 is 10.6 Å². The van der Waals surface area contributed by atoms with Crippen LogP contribution in [-0.4, -0.2) is 65.7 Å². The van der Waals surface area contributed by atoms with Crippen LogP contribution in [0.3, 0.4) is 0 Å². The van der Waals surface area contributed by atoms with Crippen molar-refractivity contribution in [3.8, 4) is 0 Å². The fourth-order valence-corrected chi connectivity index (χ4v) is 5.85. The van der Waals surface area contributed by atoms with Crippen LogP contribution >= 0.6 is 23.1 Å². The van der Waals surface area contributed by atoms with Gasteiger partial charge in [0, 0.05) is 43.2 Å². The molecule has 152 valence electrons. The van der Waals surface area contributed by atoms with E-state index in [1.54, 1.807) is 11.3 Å². The predicted molar refractivity (Wildman–Crippen MR) is 118 cm³/mol. The number of thiophene rings is 1. The molecule has 7 heteroatoms. The van der Waals surface area contributed by atoms with Crippen molar-refractivity contribution in [2.75, 3.05) is 44.2 Å². The van der Waals surface area contributed by atoms with Crippen molar-refractivity contribution in [3.05, 3.63) is 22.4 Å². The molecule has 3 N–H and O–H groups in total. The summed E-state index contributed by atoms with van der Waals surface area (Å²) in [5, 5.41) is 21.7. The summed E-state index contributed by atoms with van der Waals surface area (Å²) in [6.45, 7) is 8.43. The minimum atomic E-state index is -0.933. The van der Waals surface area contributed by atoms with E-state index in [1.807, 2.05) is 23.8 Å². The Morgan fingerprint density at radius 1 is 1.30 bits per heavy atom. The molecular weight excluding hydrogens is 376 g/mol. The van der Waals surface area contributed by atoms with Crippen LogP contribution in [0.4, 0.5) is 0 Å². The number of rotatable bonds is 7. The van der Waals surface area contributed by atoms with Gasteiger partial charge in [0.25, 0.3) is 0 Å². The number of hydrogen-bond acceptors (Lipinski definition) is 5. The Morgan fingerprint density at radius 2 is 2.04 bits per heavy atom. The average Bonchev–Trinajstić information content (AvgIpc) is 3.38. The maximum atomic E-state index is 10.8. The molecule has 1 saturated carbocycles. The van der Waals surface area contributed by atoms with Crippen molar-refractivity contribution in [2.24, 2.45) is 4.99 Å². The van der Waals surface area contributed by atoms with Gasteiger partial charge in [0.2, 0.25) is 0 Å². The number of aliphatic imine (C=N–C) groups is 1. The van der Waals surface area contributed by atoms with Crippen LogP contribution in [0, 0.1) is 0 Å². The summed E-state index contributed by atoms with van der Waals surface area (Å²) in [5.74, 6) is 3.31. The first-order valence-corrected chi connectivity index (χ1v) is 12.3. The molecule has 1 aromatic heterocycles. The highest BCUT2D eigenvalue weighted by Gasteiger charge is 2.40. The maximum Gasteiger partial charge on any atom is 0.191 e. The van der Waals surface area contributed by atoms with Crippen LogP contribution in [0.1, 0.15) is 45.1 Å². The van der Waals surface area contributed by atoms with E-state index in [4.69, 9.17) is 4.99 Å². The Bertz CT molecular complexity index is 591. The molecule has 27 heavy (non-hydrogen) atoms.